The second kappa shape index (κ2) is 9.48. The van der Waals surface area contributed by atoms with Gasteiger partial charge in [-0.15, -0.1) is 11.8 Å². The van der Waals surface area contributed by atoms with Gasteiger partial charge in [0.05, 0.1) is 12.4 Å². The van der Waals surface area contributed by atoms with Crippen molar-refractivity contribution in [2.45, 2.75) is 13.5 Å². The maximum atomic E-state index is 11.8. The van der Waals surface area contributed by atoms with Crippen molar-refractivity contribution in [1.82, 2.24) is 5.32 Å². The Morgan fingerprint density at radius 3 is 2.52 bits per heavy atom. The first-order valence-corrected chi connectivity index (χ1v) is 8.95. The zero-order valence-corrected chi connectivity index (χ0v) is 14.6. The Morgan fingerprint density at radius 1 is 1.13 bits per heavy atom. The van der Waals surface area contributed by atoms with Crippen LogP contribution in [0.25, 0.3) is 0 Å². The molecule has 0 aliphatic carbocycles. The summed E-state index contributed by atoms with van der Waals surface area (Å²) in [5.74, 6) is 2.04. The third-order valence-corrected chi connectivity index (χ3v) is 4.33. The first-order chi connectivity index (χ1) is 11.1. The first kappa shape index (κ1) is 17.7. The molecule has 2 aromatic carbocycles. The minimum atomic E-state index is 0.0436. The molecule has 0 atom stereocenters. The Hall–Kier alpha value is -1.65. The fraction of sp³-hybridized carbons (Fsp3) is 0.278. The van der Waals surface area contributed by atoms with Gasteiger partial charge in [0.1, 0.15) is 5.75 Å². The summed E-state index contributed by atoms with van der Waals surface area (Å²) in [6.45, 7) is 3.18. The van der Waals surface area contributed by atoms with Crippen molar-refractivity contribution in [3.05, 3.63) is 64.7 Å². The number of thioether (sulfide) groups is 1. The topological polar surface area (TPSA) is 38.3 Å². The average molecular weight is 350 g/mol. The molecular weight excluding hydrogens is 330 g/mol. The zero-order chi connectivity index (χ0) is 16.5. The van der Waals surface area contributed by atoms with Gasteiger partial charge in [0, 0.05) is 17.3 Å². The van der Waals surface area contributed by atoms with Gasteiger partial charge in [-0.3, -0.25) is 4.79 Å². The lowest BCUT2D eigenvalue weighted by Gasteiger charge is -2.07. The maximum absolute atomic E-state index is 11.8. The van der Waals surface area contributed by atoms with Crippen molar-refractivity contribution >= 4 is 29.3 Å². The average Bonchev–Trinajstić information content (AvgIpc) is 2.56. The SMILES string of the molecule is Cc1ccc(CNC(=O)CSCCOc2ccc(Cl)cc2)cc1. The number of amides is 1. The largest absolute Gasteiger partial charge is 0.493 e. The van der Waals surface area contributed by atoms with Crippen LogP contribution in [0.5, 0.6) is 5.75 Å². The third-order valence-electron chi connectivity index (χ3n) is 3.15. The van der Waals surface area contributed by atoms with Crippen LogP contribution in [0.15, 0.2) is 48.5 Å². The van der Waals surface area contributed by atoms with E-state index >= 15 is 0 Å². The minimum Gasteiger partial charge on any atom is -0.493 e. The van der Waals surface area contributed by atoms with Crippen LogP contribution < -0.4 is 10.1 Å². The van der Waals surface area contributed by atoms with Crippen LogP contribution in [0.4, 0.5) is 0 Å². The Morgan fingerprint density at radius 2 is 1.83 bits per heavy atom. The van der Waals surface area contributed by atoms with E-state index in [-0.39, 0.29) is 5.91 Å². The molecule has 0 heterocycles. The van der Waals surface area contributed by atoms with E-state index < -0.39 is 0 Å². The first-order valence-electron chi connectivity index (χ1n) is 7.42. The molecule has 0 aliphatic rings. The highest BCUT2D eigenvalue weighted by Gasteiger charge is 2.02. The normalized spacial score (nSPS) is 10.3. The van der Waals surface area contributed by atoms with E-state index in [0.717, 1.165) is 17.1 Å². The van der Waals surface area contributed by atoms with E-state index in [1.807, 2.05) is 43.3 Å². The standard InChI is InChI=1S/C18H20ClNO2S/c1-14-2-4-15(5-3-14)12-20-18(21)13-23-11-10-22-17-8-6-16(19)7-9-17/h2-9H,10-13H2,1H3,(H,20,21). The molecule has 0 aromatic heterocycles. The van der Waals surface area contributed by atoms with Gasteiger partial charge in [0.25, 0.3) is 0 Å². The van der Waals surface area contributed by atoms with E-state index in [1.54, 1.807) is 23.9 Å². The molecule has 5 heteroatoms. The number of carbonyl (C=O) groups excluding carboxylic acids is 1. The number of rotatable bonds is 8. The number of halogens is 1. The van der Waals surface area contributed by atoms with Crippen molar-refractivity contribution < 1.29 is 9.53 Å². The maximum Gasteiger partial charge on any atom is 0.230 e. The molecule has 0 saturated heterocycles. The molecule has 0 bridgehead atoms. The highest BCUT2D eigenvalue weighted by molar-refractivity contribution is 7.99. The van der Waals surface area contributed by atoms with Gasteiger partial charge in [-0.2, -0.15) is 0 Å². The number of ether oxygens (including phenoxy) is 1. The summed E-state index contributed by atoms with van der Waals surface area (Å²) in [5.41, 5.74) is 2.33. The van der Waals surface area contributed by atoms with Crippen LogP contribution in [0, 0.1) is 6.92 Å². The summed E-state index contributed by atoms with van der Waals surface area (Å²) in [6.07, 6.45) is 0. The third kappa shape index (κ3) is 6.97. The van der Waals surface area contributed by atoms with Crippen molar-refractivity contribution in [1.29, 1.82) is 0 Å². The number of hydrogen-bond acceptors (Lipinski definition) is 3. The Kier molecular flexibility index (Phi) is 7.30. The molecule has 0 spiro atoms. The molecular formula is C18H20ClNO2S. The Labute approximate surface area is 146 Å². The van der Waals surface area contributed by atoms with E-state index in [2.05, 4.69) is 5.32 Å². The van der Waals surface area contributed by atoms with E-state index in [4.69, 9.17) is 16.3 Å². The van der Waals surface area contributed by atoms with Crippen molar-refractivity contribution in [3.8, 4) is 5.75 Å². The lowest BCUT2D eigenvalue weighted by Crippen LogP contribution is -2.24. The summed E-state index contributed by atoms with van der Waals surface area (Å²) < 4.78 is 5.57. The quantitative estimate of drug-likeness (QED) is 0.730. The lowest BCUT2D eigenvalue weighted by molar-refractivity contribution is -0.118. The molecule has 2 aromatic rings. The van der Waals surface area contributed by atoms with Crippen LogP contribution >= 0.6 is 23.4 Å². The van der Waals surface area contributed by atoms with E-state index in [0.29, 0.717) is 23.9 Å². The molecule has 2 rings (SSSR count). The van der Waals surface area contributed by atoms with Crippen LogP contribution in [-0.2, 0) is 11.3 Å². The molecule has 0 radical (unpaired) electrons. The molecule has 3 nitrogen and oxygen atoms in total. The van der Waals surface area contributed by atoms with Crippen LogP contribution in [0.3, 0.4) is 0 Å². The molecule has 23 heavy (non-hydrogen) atoms. The minimum absolute atomic E-state index is 0.0436. The van der Waals surface area contributed by atoms with E-state index in [1.165, 1.54) is 5.56 Å². The summed E-state index contributed by atoms with van der Waals surface area (Å²) in [4.78, 5) is 11.8. The van der Waals surface area contributed by atoms with E-state index in [9.17, 15) is 4.79 Å². The molecule has 0 fully saturated rings. The fourth-order valence-electron chi connectivity index (χ4n) is 1.87. The Balaban J connectivity index is 1.56. The van der Waals surface area contributed by atoms with Gasteiger partial charge in [0.15, 0.2) is 0 Å². The van der Waals surface area contributed by atoms with Gasteiger partial charge in [-0.25, -0.2) is 0 Å². The molecule has 1 N–H and O–H groups in total. The summed E-state index contributed by atoms with van der Waals surface area (Å²) >= 11 is 7.37. The number of hydrogen-bond donors (Lipinski definition) is 1. The number of nitrogens with one attached hydrogen (secondary N) is 1. The molecule has 122 valence electrons. The van der Waals surface area contributed by atoms with Crippen molar-refractivity contribution in [3.63, 3.8) is 0 Å². The van der Waals surface area contributed by atoms with Gasteiger partial charge < -0.3 is 10.1 Å². The van der Waals surface area contributed by atoms with Crippen LogP contribution in [-0.4, -0.2) is 24.0 Å². The van der Waals surface area contributed by atoms with Gasteiger partial charge in [-0.1, -0.05) is 41.4 Å². The highest BCUT2D eigenvalue weighted by atomic mass is 35.5. The molecule has 1 amide bonds. The van der Waals surface area contributed by atoms with Gasteiger partial charge >= 0.3 is 0 Å². The molecule has 0 saturated carbocycles. The lowest BCUT2D eigenvalue weighted by atomic mass is 10.1. The summed E-state index contributed by atoms with van der Waals surface area (Å²) in [6, 6.07) is 15.4. The van der Waals surface area contributed by atoms with Crippen LogP contribution in [0.1, 0.15) is 11.1 Å². The summed E-state index contributed by atoms with van der Waals surface area (Å²) in [5, 5.41) is 3.61. The van der Waals surface area contributed by atoms with Crippen molar-refractivity contribution in [2.24, 2.45) is 0 Å². The molecule has 0 aliphatic heterocycles. The van der Waals surface area contributed by atoms with Crippen LogP contribution in [0.2, 0.25) is 5.02 Å². The second-order valence-corrected chi connectivity index (χ2v) is 6.66. The number of benzene rings is 2. The Bertz CT molecular complexity index is 614. The predicted molar refractivity (Wildman–Crippen MR) is 97.3 cm³/mol. The highest BCUT2D eigenvalue weighted by Crippen LogP contribution is 2.15. The van der Waals surface area contributed by atoms with Crippen molar-refractivity contribution in [2.75, 3.05) is 18.1 Å². The number of carbonyl (C=O) groups is 1. The molecule has 0 unspecified atom stereocenters. The van der Waals surface area contributed by atoms with Gasteiger partial charge in [0.2, 0.25) is 5.91 Å². The fourth-order valence-corrected chi connectivity index (χ4v) is 2.63. The summed E-state index contributed by atoms with van der Waals surface area (Å²) in [7, 11) is 0. The predicted octanol–water partition coefficient (Wildman–Crippen LogP) is 4.08. The number of aryl methyl sites for hydroxylation is 1. The smallest absolute Gasteiger partial charge is 0.230 e. The zero-order valence-electron chi connectivity index (χ0n) is 13.0. The monoisotopic (exact) mass is 349 g/mol. The van der Waals surface area contributed by atoms with Gasteiger partial charge in [-0.05, 0) is 36.8 Å². The second-order valence-electron chi connectivity index (χ2n) is 5.12.